The summed E-state index contributed by atoms with van der Waals surface area (Å²) in [7, 11) is 0. The molecule has 0 saturated heterocycles. The van der Waals surface area contributed by atoms with Crippen molar-refractivity contribution in [3.8, 4) is 11.8 Å². The van der Waals surface area contributed by atoms with Crippen LogP contribution in [0, 0.1) is 23.5 Å². The van der Waals surface area contributed by atoms with E-state index in [-0.39, 0.29) is 18.4 Å². The number of nitrogens with two attached hydrogens (primary N) is 1. The first kappa shape index (κ1) is 13.1. The molecule has 1 atom stereocenters. The van der Waals surface area contributed by atoms with E-state index in [0.717, 1.165) is 18.2 Å². The quantitative estimate of drug-likeness (QED) is 0.786. The lowest BCUT2D eigenvalue weighted by Gasteiger charge is -2.00. The molecule has 0 aliphatic rings. The van der Waals surface area contributed by atoms with Gasteiger partial charge < -0.3 is 10.8 Å². The van der Waals surface area contributed by atoms with Crippen molar-refractivity contribution in [2.24, 2.45) is 5.73 Å². The van der Waals surface area contributed by atoms with Crippen molar-refractivity contribution in [2.75, 3.05) is 0 Å². The molecule has 0 radical (unpaired) electrons. The monoisotopic (exact) mass is 239 g/mol. The first-order chi connectivity index (χ1) is 7.99. The van der Waals surface area contributed by atoms with Crippen molar-refractivity contribution in [2.45, 2.75) is 18.9 Å². The molecule has 1 aromatic rings. The summed E-state index contributed by atoms with van der Waals surface area (Å²) in [6.45, 7) is 0. The molecule has 0 aromatic heterocycles. The van der Waals surface area contributed by atoms with Crippen LogP contribution in [0.25, 0.3) is 0 Å². The van der Waals surface area contributed by atoms with Gasteiger partial charge in [-0.2, -0.15) is 0 Å². The lowest BCUT2D eigenvalue weighted by atomic mass is 10.1. The second kappa shape index (κ2) is 5.97. The van der Waals surface area contributed by atoms with Crippen LogP contribution in [0.3, 0.4) is 0 Å². The molecule has 0 aliphatic carbocycles. The van der Waals surface area contributed by atoms with Gasteiger partial charge in [-0.1, -0.05) is 11.8 Å². The van der Waals surface area contributed by atoms with Crippen LogP contribution in [0.5, 0.6) is 0 Å². The predicted octanol–water partition coefficient (Wildman–Crippen LogP) is 1.51. The van der Waals surface area contributed by atoms with Gasteiger partial charge in [0.05, 0.1) is 0 Å². The summed E-state index contributed by atoms with van der Waals surface area (Å²) < 4.78 is 25.5. The van der Waals surface area contributed by atoms with Crippen molar-refractivity contribution in [3.63, 3.8) is 0 Å². The van der Waals surface area contributed by atoms with E-state index in [2.05, 4.69) is 11.8 Å². The van der Waals surface area contributed by atoms with Crippen LogP contribution in [-0.4, -0.2) is 17.1 Å². The fraction of sp³-hybridized carbons (Fsp3) is 0.250. The van der Waals surface area contributed by atoms with Crippen molar-refractivity contribution in [1.82, 2.24) is 0 Å². The summed E-state index contributed by atoms with van der Waals surface area (Å²) >= 11 is 0. The van der Waals surface area contributed by atoms with Crippen LogP contribution in [0.1, 0.15) is 18.4 Å². The van der Waals surface area contributed by atoms with Crippen LogP contribution >= 0.6 is 0 Å². The van der Waals surface area contributed by atoms with Gasteiger partial charge in [-0.3, -0.25) is 4.79 Å². The van der Waals surface area contributed by atoms with Gasteiger partial charge in [-0.25, -0.2) is 8.78 Å². The summed E-state index contributed by atoms with van der Waals surface area (Å²) in [6, 6.07) is 2.00. The zero-order valence-corrected chi connectivity index (χ0v) is 8.91. The largest absolute Gasteiger partial charge is 0.480 e. The van der Waals surface area contributed by atoms with Crippen molar-refractivity contribution < 1.29 is 18.7 Å². The lowest BCUT2D eigenvalue weighted by Crippen LogP contribution is -2.29. The summed E-state index contributed by atoms with van der Waals surface area (Å²) in [6.07, 6.45) is 0.450. The van der Waals surface area contributed by atoms with Crippen LogP contribution in [-0.2, 0) is 4.79 Å². The lowest BCUT2D eigenvalue weighted by molar-refractivity contribution is -0.138. The van der Waals surface area contributed by atoms with E-state index in [9.17, 15) is 13.6 Å². The summed E-state index contributed by atoms with van der Waals surface area (Å²) in [5.74, 6) is 2.67. The molecule has 0 saturated carbocycles. The minimum Gasteiger partial charge on any atom is -0.480 e. The third-order valence-electron chi connectivity index (χ3n) is 1.99. The third kappa shape index (κ3) is 4.62. The molecule has 0 aliphatic heterocycles. The Morgan fingerprint density at radius 3 is 2.47 bits per heavy atom. The fourth-order valence-electron chi connectivity index (χ4n) is 1.14. The minimum atomic E-state index is -1.09. The van der Waals surface area contributed by atoms with Crippen LogP contribution in [0.4, 0.5) is 8.78 Å². The summed E-state index contributed by atoms with van der Waals surface area (Å²) in [4.78, 5) is 10.4. The van der Waals surface area contributed by atoms with Crippen LogP contribution in [0.15, 0.2) is 18.2 Å². The molecule has 0 unspecified atom stereocenters. The van der Waals surface area contributed by atoms with E-state index in [0.29, 0.717) is 0 Å². The van der Waals surface area contributed by atoms with E-state index in [1.807, 2.05) is 0 Å². The van der Waals surface area contributed by atoms with Crippen molar-refractivity contribution in [3.05, 3.63) is 35.4 Å². The van der Waals surface area contributed by atoms with Crippen LogP contribution in [0.2, 0.25) is 0 Å². The first-order valence-electron chi connectivity index (χ1n) is 4.92. The van der Waals surface area contributed by atoms with E-state index in [1.54, 1.807) is 0 Å². The van der Waals surface area contributed by atoms with Gasteiger partial charge in [0.25, 0.3) is 0 Å². The van der Waals surface area contributed by atoms with Gasteiger partial charge >= 0.3 is 5.97 Å². The molecule has 17 heavy (non-hydrogen) atoms. The second-order valence-electron chi connectivity index (χ2n) is 3.44. The first-order valence-corrected chi connectivity index (χ1v) is 4.92. The second-order valence-corrected chi connectivity index (χ2v) is 3.44. The normalized spacial score (nSPS) is 11.5. The third-order valence-corrected chi connectivity index (χ3v) is 1.99. The molecule has 5 heteroatoms. The predicted molar refractivity (Wildman–Crippen MR) is 58.1 cm³/mol. The molecular formula is C12H11F2NO2. The number of rotatable bonds is 3. The average Bonchev–Trinajstić information content (AvgIpc) is 2.22. The van der Waals surface area contributed by atoms with Gasteiger partial charge in [0, 0.05) is 18.1 Å². The number of hydrogen-bond donors (Lipinski definition) is 2. The van der Waals surface area contributed by atoms with E-state index in [1.165, 1.54) is 0 Å². The SMILES string of the molecule is N[C@H](CCC#Cc1cc(F)cc(F)c1)C(=O)O. The number of hydrogen-bond acceptors (Lipinski definition) is 2. The van der Waals surface area contributed by atoms with E-state index >= 15 is 0 Å². The summed E-state index contributed by atoms with van der Waals surface area (Å²) in [5, 5.41) is 8.50. The summed E-state index contributed by atoms with van der Waals surface area (Å²) in [5.41, 5.74) is 5.47. The minimum absolute atomic E-state index is 0.195. The highest BCUT2D eigenvalue weighted by atomic mass is 19.1. The molecule has 0 heterocycles. The highest BCUT2D eigenvalue weighted by Crippen LogP contribution is 2.06. The number of halogens is 2. The van der Waals surface area contributed by atoms with Gasteiger partial charge in [-0.05, 0) is 18.6 Å². The standard InChI is InChI=1S/C12H11F2NO2/c13-9-5-8(6-10(14)7-9)3-1-2-4-11(15)12(16)17/h5-7,11H,2,4,15H2,(H,16,17)/t11-/m1/s1. The van der Waals surface area contributed by atoms with Gasteiger partial charge in [0.15, 0.2) is 0 Å². The maximum Gasteiger partial charge on any atom is 0.320 e. The molecule has 0 amide bonds. The number of benzene rings is 1. The molecule has 0 bridgehead atoms. The number of carbonyl (C=O) groups is 1. The van der Waals surface area contributed by atoms with Crippen molar-refractivity contribution >= 4 is 5.97 Å². The Morgan fingerprint density at radius 1 is 1.35 bits per heavy atom. The topological polar surface area (TPSA) is 63.3 Å². The molecule has 3 N–H and O–H groups in total. The highest BCUT2D eigenvalue weighted by molar-refractivity contribution is 5.73. The Labute approximate surface area is 97.2 Å². The molecule has 0 spiro atoms. The Balaban J connectivity index is 2.57. The maximum absolute atomic E-state index is 12.8. The van der Waals surface area contributed by atoms with E-state index in [4.69, 9.17) is 10.8 Å². The zero-order chi connectivity index (χ0) is 12.8. The Kier molecular flexibility index (Phi) is 4.61. The fourth-order valence-corrected chi connectivity index (χ4v) is 1.14. The number of aliphatic carboxylic acids is 1. The Bertz CT molecular complexity index is 457. The van der Waals surface area contributed by atoms with Gasteiger partial charge in [0.1, 0.15) is 17.7 Å². The van der Waals surface area contributed by atoms with Gasteiger partial charge in [-0.15, -0.1) is 0 Å². The van der Waals surface area contributed by atoms with Crippen molar-refractivity contribution in [1.29, 1.82) is 0 Å². The number of carboxylic acid groups (broad SMARTS) is 1. The molecular weight excluding hydrogens is 228 g/mol. The average molecular weight is 239 g/mol. The molecule has 0 fully saturated rings. The Hall–Kier alpha value is -1.93. The molecule has 3 nitrogen and oxygen atoms in total. The van der Waals surface area contributed by atoms with E-state index < -0.39 is 23.6 Å². The smallest absolute Gasteiger partial charge is 0.320 e. The molecule has 90 valence electrons. The maximum atomic E-state index is 12.8. The highest BCUT2D eigenvalue weighted by Gasteiger charge is 2.08. The zero-order valence-electron chi connectivity index (χ0n) is 8.91. The number of carboxylic acids is 1. The van der Waals surface area contributed by atoms with Crippen LogP contribution < -0.4 is 5.73 Å². The molecule has 1 aromatic carbocycles. The van der Waals surface area contributed by atoms with Gasteiger partial charge in [0.2, 0.25) is 0 Å². The Morgan fingerprint density at radius 2 is 1.94 bits per heavy atom. The molecule has 1 rings (SSSR count).